The Balaban J connectivity index is 1.98. The van der Waals surface area contributed by atoms with Crippen molar-refractivity contribution in [3.05, 3.63) is 81.4 Å². The number of ketones is 1. The maximum Gasteiger partial charge on any atom is 0.218 e. The topological polar surface area (TPSA) is 64.4 Å². The third kappa shape index (κ3) is 2.23. The Morgan fingerprint density at radius 1 is 1.27 bits per heavy atom. The molecule has 0 amide bonds. The summed E-state index contributed by atoms with van der Waals surface area (Å²) in [7, 11) is 1.50. The standard InChI is InChI=1S/C20H15FN2O3/c1-11-15-16(18(24)17-14(19(15)26-2)4-3-9-22-17)20(25)23(11)10-12-5-7-13(21)8-6-12/h3-9,25H,1,10H2,2H3. The minimum atomic E-state index is -0.378. The molecule has 4 rings (SSSR count). The van der Waals surface area contributed by atoms with Crippen molar-refractivity contribution in [2.24, 2.45) is 0 Å². The van der Waals surface area contributed by atoms with Crippen LogP contribution in [0.1, 0.15) is 27.2 Å². The lowest BCUT2D eigenvalue weighted by molar-refractivity contribution is 0.102. The number of pyridine rings is 1. The number of fused-ring (bicyclic) bond motifs is 2. The van der Waals surface area contributed by atoms with E-state index >= 15 is 0 Å². The highest BCUT2D eigenvalue weighted by atomic mass is 19.1. The highest BCUT2D eigenvalue weighted by molar-refractivity contribution is 6.14. The smallest absolute Gasteiger partial charge is 0.218 e. The second-order valence-electron chi connectivity index (χ2n) is 5.99. The van der Waals surface area contributed by atoms with Gasteiger partial charge in [0, 0.05) is 17.1 Å². The zero-order chi connectivity index (χ0) is 18.4. The summed E-state index contributed by atoms with van der Waals surface area (Å²) in [6, 6.07) is 9.38. The molecule has 1 aliphatic carbocycles. The summed E-state index contributed by atoms with van der Waals surface area (Å²) in [5, 5.41) is 11.6. The first kappa shape index (κ1) is 16.1. The van der Waals surface area contributed by atoms with Crippen LogP contribution in [0.15, 0.2) is 42.6 Å². The Bertz CT molecular complexity index is 1150. The monoisotopic (exact) mass is 350 g/mol. The number of carbonyl (C=O) groups is 1. The predicted molar refractivity (Wildman–Crippen MR) is 93.6 cm³/mol. The molecule has 1 aliphatic rings. The number of ether oxygens (including phenoxy) is 1. The van der Waals surface area contributed by atoms with Crippen LogP contribution in [0, 0.1) is 5.82 Å². The third-order valence-electron chi connectivity index (χ3n) is 4.52. The molecule has 1 aromatic carbocycles. The Morgan fingerprint density at radius 2 is 2.00 bits per heavy atom. The molecule has 0 saturated carbocycles. The normalized spacial score (nSPS) is 12.7. The zero-order valence-corrected chi connectivity index (χ0v) is 14.0. The molecule has 3 aromatic rings. The van der Waals surface area contributed by atoms with Gasteiger partial charge < -0.3 is 14.4 Å². The maximum absolute atomic E-state index is 13.1. The van der Waals surface area contributed by atoms with E-state index in [2.05, 4.69) is 11.6 Å². The fourth-order valence-corrected chi connectivity index (χ4v) is 3.29. The van der Waals surface area contributed by atoms with Crippen LogP contribution in [0.25, 0.3) is 12.3 Å². The van der Waals surface area contributed by atoms with Crippen LogP contribution in [0.5, 0.6) is 5.88 Å². The van der Waals surface area contributed by atoms with E-state index in [0.29, 0.717) is 21.9 Å². The lowest BCUT2D eigenvalue weighted by atomic mass is 9.96. The molecule has 2 heterocycles. The van der Waals surface area contributed by atoms with Gasteiger partial charge in [-0.25, -0.2) is 4.39 Å². The minimum Gasteiger partial charge on any atom is -0.495 e. The lowest BCUT2D eigenvalue weighted by Gasteiger charge is -2.14. The Kier molecular flexibility index (Phi) is 3.61. The fourth-order valence-electron chi connectivity index (χ4n) is 3.29. The second kappa shape index (κ2) is 5.84. The van der Waals surface area contributed by atoms with E-state index in [1.807, 2.05) is 0 Å². The molecule has 5 nitrogen and oxygen atoms in total. The van der Waals surface area contributed by atoms with Gasteiger partial charge in [-0.2, -0.15) is 0 Å². The number of benzene rings is 1. The van der Waals surface area contributed by atoms with Gasteiger partial charge in [0.05, 0.1) is 24.4 Å². The van der Waals surface area contributed by atoms with E-state index in [1.165, 1.54) is 30.0 Å². The van der Waals surface area contributed by atoms with Crippen LogP contribution in [0.2, 0.25) is 0 Å². The Morgan fingerprint density at radius 3 is 2.69 bits per heavy atom. The first-order valence-corrected chi connectivity index (χ1v) is 7.96. The average Bonchev–Trinajstić information content (AvgIpc) is 2.89. The third-order valence-corrected chi connectivity index (χ3v) is 4.52. The lowest BCUT2D eigenvalue weighted by Crippen LogP contribution is -2.36. The summed E-state index contributed by atoms with van der Waals surface area (Å²) < 4.78 is 20.2. The van der Waals surface area contributed by atoms with Gasteiger partial charge in [-0.15, -0.1) is 0 Å². The van der Waals surface area contributed by atoms with E-state index in [9.17, 15) is 14.3 Å². The summed E-state index contributed by atoms with van der Waals surface area (Å²) in [6.45, 7) is 4.27. The van der Waals surface area contributed by atoms with Crippen LogP contribution in [-0.4, -0.2) is 27.6 Å². The van der Waals surface area contributed by atoms with Crippen LogP contribution in [-0.2, 0) is 11.3 Å². The van der Waals surface area contributed by atoms with Crippen LogP contribution in [0.3, 0.4) is 0 Å². The first-order valence-electron chi connectivity index (χ1n) is 7.96. The number of hydrogen-bond acceptors (Lipinski definition) is 4. The van der Waals surface area contributed by atoms with Crippen molar-refractivity contribution in [2.75, 3.05) is 7.11 Å². The molecule has 0 bridgehead atoms. The number of hydrogen-bond donors (Lipinski definition) is 1. The summed E-state index contributed by atoms with van der Waals surface area (Å²) in [4.78, 5) is 17.0. The number of aromatic nitrogens is 2. The number of nitrogens with zero attached hydrogens (tertiary/aromatic N) is 2. The van der Waals surface area contributed by atoms with E-state index in [0.717, 1.165) is 5.56 Å². The molecule has 2 aromatic heterocycles. The molecule has 1 N–H and O–H groups in total. The van der Waals surface area contributed by atoms with Crippen molar-refractivity contribution in [3.8, 4) is 5.88 Å². The van der Waals surface area contributed by atoms with Crippen LogP contribution >= 0.6 is 0 Å². The van der Waals surface area contributed by atoms with Gasteiger partial charge in [0.2, 0.25) is 11.7 Å². The molecular formula is C20H15FN2O3. The van der Waals surface area contributed by atoms with Gasteiger partial charge in [0.25, 0.3) is 0 Å². The number of halogens is 1. The van der Waals surface area contributed by atoms with E-state index in [4.69, 9.17) is 4.74 Å². The van der Waals surface area contributed by atoms with Gasteiger partial charge in [-0.05, 0) is 29.8 Å². The number of methoxy groups -OCH3 is 1. The van der Waals surface area contributed by atoms with Gasteiger partial charge in [-0.3, -0.25) is 9.78 Å². The molecule has 0 radical (unpaired) electrons. The molecule has 130 valence electrons. The molecule has 0 unspecified atom stereocenters. The summed E-state index contributed by atoms with van der Waals surface area (Å²) >= 11 is 0. The van der Waals surface area contributed by atoms with Crippen LogP contribution in [0.4, 0.5) is 4.39 Å². The quantitative estimate of drug-likeness (QED) is 0.778. The number of carbonyl (C=O) groups excluding carboxylic acids is 1. The Hall–Kier alpha value is -3.41. The van der Waals surface area contributed by atoms with E-state index in [-0.39, 0.29) is 35.3 Å². The Labute approximate surface area is 148 Å². The average molecular weight is 350 g/mol. The van der Waals surface area contributed by atoms with Gasteiger partial charge in [0.15, 0.2) is 0 Å². The minimum absolute atomic E-state index is 0.125. The van der Waals surface area contributed by atoms with Crippen LogP contribution < -0.4 is 10.6 Å². The summed E-state index contributed by atoms with van der Waals surface area (Å²) in [6.07, 6.45) is 1.52. The molecule has 26 heavy (non-hydrogen) atoms. The predicted octanol–water partition coefficient (Wildman–Crippen LogP) is 1.53. The molecule has 0 atom stereocenters. The fraction of sp³-hybridized carbons (Fsp3) is 0.100. The van der Waals surface area contributed by atoms with Crippen molar-refractivity contribution >= 4 is 18.1 Å². The van der Waals surface area contributed by atoms with Crippen molar-refractivity contribution in [1.82, 2.24) is 9.55 Å². The van der Waals surface area contributed by atoms with Crippen molar-refractivity contribution in [3.63, 3.8) is 0 Å². The molecule has 0 fully saturated rings. The molecule has 0 aliphatic heterocycles. The molecule has 6 heteroatoms. The van der Waals surface area contributed by atoms with Crippen molar-refractivity contribution < 1.29 is 19.0 Å². The first-order chi connectivity index (χ1) is 12.5. The van der Waals surface area contributed by atoms with Gasteiger partial charge >= 0.3 is 0 Å². The largest absolute Gasteiger partial charge is 0.495 e. The SMILES string of the molecule is C=c1c2c(c(O)n1Cc1ccc(F)cc1)C(=O)c1ncccc1C=2OC. The van der Waals surface area contributed by atoms with Gasteiger partial charge in [-0.1, -0.05) is 18.7 Å². The number of rotatable bonds is 3. The van der Waals surface area contributed by atoms with E-state index < -0.39 is 0 Å². The second-order valence-corrected chi connectivity index (χ2v) is 5.99. The highest BCUT2D eigenvalue weighted by Crippen LogP contribution is 2.26. The van der Waals surface area contributed by atoms with Crippen molar-refractivity contribution in [2.45, 2.75) is 6.54 Å². The van der Waals surface area contributed by atoms with Crippen molar-refractivity contribution in [1.29, 1.82) is 0 Å². The summed E-state index contributed by atoms with van der Waals surface area (Å²) in [5.41, 5.74) is 1.68. The van der Waals surface area contributed by atoms with Gasteiger partial charge in [0.1, 0.15) is 17.3 Å². The number of aromatic hydroxyl groups is 1. The highest BCUT2D eigenvalue weighted by Gasteiger charge is 2.32. The van der Waals surface area contributed by atoms with E-state index in [1.54, 1.807) is 24.3 Å². The molecular weight excluding hydrogens is 335 g/mol. The molecule has 0 spiro atoms. The maximum atomic E-state index is 13.1. The molecule has 0 saturated heterocycles. The summed E-state index contributed by atoms with van der Waals surface area (Å²) in [5.74, 6) is -0.478. The zero-order valence-electron chi connectivity index (χ0n) is 14.0.